The summed E-state index contributed by atoms with van der Waals surface area (Å²) in [6.45, 7) is 1.71. The Morgan fingerprint density at radius 2 is 1.95 bits per heavy atom. The highest BCUT2D eigenvalue weighted by Crippen LogP contribution is 2.27. The van der Waals surface area contributed by atoms with Gasteiger partial charge < -0.3 is 5.73 Å². The third-order valence-electron chi connectivity index (χ3n) is 2.96. The summed E-state index contributed by atoms with van der Waals surface area (Å²) in [5.74, 6) is 0. The number of nitrogens with two attached hydrogens (primary N) is 1. The van der Waals surface area contributed by atoms with Gasteiger partial charge in [-0.05, 0) is 42.8 Å². The zero-order chi connectivity index (χ0) is 15.4. The van der Waals surface area contributed by atoms with Crippen molar-refractivity contribution < 1.29 is 10.0 Å². The van der Waals surface area contributed by atoms with E-state index in [0.29, 0.717) is 10.1 Å². The number of nitrogens with zero attached hydrogens (tertiary/aromatic N) is 1. The maximum atomic E-state index is 10.9. The van der Waals surface area contributed by atoms with E-state index in [9.17, 15) is 10.0 Å². The summed E-state index contributed by atoms with van der Waals surface area (Å²) in [6.07, 6.45) is 3.94. The molecule has 0 aliphatic heterocycles. The maximum absolute atomic E-state index is 10.9. The van der Waals surface area contributed by atoms with Crippen LogP contribution in [0.25, 0.3) is 12.2 Å². The number of amides is 2. The fourth-order valence-electron chi connectivity index (χ4n) is 1.75. The standard InChI is InChI=1S/C15H15ClN2O2S/c1-10(18(20)15(17)19)14-9-8-13(21-14)7-4-11-2-5-12(16)6-3-11/h2-10,20H,1H3,(H2,17,19). The Labute approximate surface area is 132 Å². The molecule has 4 nitrogen and oxygen atoms in total. The van der Waals surface area contributed by atoms with Gasteiger partial charge in [-0.2, -0.15) is 5.06 Å². The second-order valence-corrected chi connectivity index (χ2v) is 6.07. The number of benzene rings is 1. The third-order valence-corrected chi connectivity index (χ3v) is 4.43. The van der Waals surface area contributed by atoms with E-state index in [0.717, 1.165) is 15.3 Å². The van der Waals surface area contributed by atoms with Gasteiger partial charge in [0.15, 0.2) is 0 Å². The molecule has 1 unspecified atom stereocenters. The van der Waals surface area contributed by atoms with Crippen molar-refractivity contribution in [1.29, 1.82) is 0 Å². The first-order valence-corrected chi connectivity index (χ1v) is 7.48. The van der Waals surface area contributed by atoms with E-state index in [1.165, 1.54) is 11.3 Å². The van der Waals surface area contributed by atoms with Gasteiger partial charge in [-0.3, -0.25) is 5.21 Å². The fraction of sp³-hybridized carbons (Fsp3) is 0.133. The van der Waals surface area contributed by atoms with E-state index < -0.39 is 12.1 Å². The maximum Gasteiger partial charge on any atom is 0.339 e. The van der Waals surface area contributed by atoms with Gasteiger partial charge >= 0.3 is 6.03 Å². The van der Waals surface area contributed by atoms with Crippen molar-refractivity contribution in [2.75, 3.05) is 0 Å². The van der Waals surface area contributed by atoms with Gasteiger partial charge in [0, 0.05) is 14.8 Å². The van der Waals surface area contributed by atoms with Crippen molar-refractivity contribution in [2.24, 2.45) is 5.73 Å². The lowest BCUT2D eigenvalue weighted by Gasteiger charge is -2.18. The predicted octanol–water partition coefficient (Wildman–Crippen LogP) is 4.40. The van der Waals surface area contributed by atoms with E-state index >= 15 is 0 Å². The fourth-order valence-corrected chi connectivity index (χ4v) is 2.82. The second-order valence-electron chi connectivity index (χ2n) is 4.48. The van der Waals surface area contributed by atoms with Crippen LogP contribution in [-0.2, 0) is 0 Å². The monoisotopic (exact) mass is 322 g/mol. The van der Waals surface area contributed by atoms with Gasteiger partial charge in [-0.25, -0.2) is 4.79 Å². The molecule has 1 aromatic carbocycles. The van der Waals surface area contributed by atoms with Crippen molar-refractivity contribution >= 4 is 41.1 Å². The molecule has 0 saturated heterocycles. The number of carbonyl (C=O) groups is 1. The largest absolute Gasteiger partial charge is 0.350 e. The zero-order valence-electron chi connectivity index (χ0n) is 11.4. The molecule has 1 atom stereocenters. The van der Waals surface area contributed by atoms with E-state index in [1.54, 1.807) is 6.92 Å². The van der Waals surface area contributed by atoms with Crippen LogP contribution in [0.3, 0.4) is 0 Å². The number of urea groups is 1. The molecule has 0 aliphatic rings. The smallest absolute Gasteiger partial charge is 0.339 e. The molecule has 0 bridgehead atoms. The summed E-state index contributed by atoms with van der Waals surface area (Å²) < 4.78 is 0. The summed E-state index contributed by atoms with van der Waals surface area (Å²) in [4.78, 5) is 12.8. The van der Waals surface area contributed by atoms with Crippen molar-refractivity contribution in [3.05, 3.63) is 56.7 Å². The normalized spacial score (nSPS) is 12.5. The Kier molecular flexibility index (Phi) is 5.01. The molecule has 1 heterocycles. The number of carbonyl (C=O) groups excluding carboxylic acids is 1. The highest BCUT2D eigenvalue weighted by molar-refractivity contribution is 7.13. The molecule has 0 spiro atoms. The van der Waals surface area contributed by atoms with Crippen LogP contribution in [0.5, 0.6) is 0 Å². The lowest BCUT2D eigenvalue weighted by molar-refractivity contribution is -0.0700. The number of hydroxylamine groups is 2. The van der Waals surface area contributed by atoms with Gasteiger partial charge in [-0.15, -0.1) is 11.3 Å². The van der Waals surface area contributed by atoms with Crippen LogP contribution in [-0.4, -0.2) is 16.3 Å². The molecule has 2 aromatic rings. The van der Waals surface area contributed by atoms with E-state index in [4.69, 9.17) is 17.3 Å². The first-order valence-electron chi connectivity index (χ1n) is 6.28. The molecule has 0 fully saturated rings. The number of primary amides is 1. The van der Waals surface area contributed by atoms with Crippen molar-refractivity contribution in [3.8, 4) is 0 Å². The first kappa shape index (κ1) is 15.6. The minimum atomic E-state index is -0.867. The molecule has 1 aromatic heterocycles. The molecule has 110 valence electrons. The molecule has 2 amide bonds. The summed E-state index contributed by atoms with van der Waals surface area (Å²) in [5.41, 5.74) is 6.09. The Morgan fingerprint density at radius 3 is 2.57 bits per heavy atom. The molecule has 0 radical (unpaired) electrons. The molecule has 0 aliphatic carbocycles. The van der Waals surface area contributed by atoms with Crippen LogP contribution in [0.2, 0.25) is 5.02 Å². The number of halogens is 1. The quantitative estimate of drug-likeness (QED) is 0.647. The van der Waals surface area contributed by atoms with Crippen LogP contribution in [0.1, 0.15) is 28.3 Å². The summed E-state index contributed by atoms with van der Waals surface area (Å²) in [5, 5.41) is 10.8. The minimum Gasteiger partial charge on any atom is -0.350 e. The van der Waals surface area contributed by atoms with Gasteiger partial charge in [0.05, 0.1) is 6.04 Å². The Morgan fingerprint density at radius 1 is 1.29 bits per heavy atom. The summed E-state index contributed by atoms with van der Waals surface area (Å²) >= 11 is 7.32. The second kappa shape index (κ2) is 6.76. The van der Waals surface area contributed by atoms with E-state index in [2.05, 4.69) is 0 Å². The highest BCUT2D eigenvalue weighted by atomic mass is 35.5. The van der Waals surface area contributed by atoms with Gasteiger partial charge in [0.25, 0.3) is 0 Å². The molecule has 21 heavy (non-hydrogen) atoms. The molecule has 6 heteroatoms. The number of thiophene rings is 1. The van der Waals surface area contributed by atoms with Crippen LogP contribution in [0, 0.1) is 0 Å². The number of rotatable bonds is 4. The SMILES string of the molecule is CC(c1ccc(C=Cc2ccc(Cl)cc2)s1)N(O)C(N)=O. The van der Waals surface area contributed by atoms with Crippen LogP contribution < -0.4 is 5.73 Å². The van der Waals surface area contributed by atoms with Crippen molar-refractivity contribution in [1.82, 2.24) is 5.06 Å². The lowest BCUT2D eigenvalue weighted by atomic mass is 10.2. The van der Waals surface area contributed by atoms with E-state index in [1.807, 2.05) is 48.6 Å². The first-order chi connectivity index (χ1) is 9.97. The lowest BCUT2D eigenvalue weighted by Crippen LogP contribution is -2.34. The predicted molar refractivity (Wildman–Crippen MR) is 86.3 cm³/mol. The number of hydrogen-bond acceptors (Lipinski definition) is 3. The average Bonchev–Trinajstić information content (AvgIpc) is 2.94. The average molecular weight is 323 g/mol. The van der Waals surface area contributed by atoms with Crippen molar-refractivity contribution in [3.63, 3.8) is 0 Å². The molecule has 2 rings (SSSR count). The van der Waals surface area contributed by atoms with Crippen LogP contribution in [0.15, 0.2) is 36.4 Å². The summed E-state index contributed by atoms with van der Waals surface area (Å²) in [6, 6.07) is 9.98. The number of hydrogen-bond donors (Lipinski definition) is 2. The molecular formula is C15H15ClN2O2S. The zero-order valence-corrected chi connectivity index (χ0v) is 12.9. The molecule has 3 N–H and O–H groups in total. The van der Waals surface area contributed by atoms with Gasteiger partial charge in [-0.1, -0.05) is 29.8 Å². The minimum absolute atomic E-state index is 0.467. The van der Waals surface area contributed by atoms with Crippen LogP contribution in [0.4, 0.5) is 4.79 Å². The van der Waals surface area contributed by atoms with Gasteiger partial charge in [0.2, 0.25) is 0 Å². The Bertz CT molecular complexity index is 652. The Hall–Kier alpha value is -1.82. The third kappa shape index (κ3) is 4.07. The molecular weight excluding hydrogens is 308 g/mol. The summed E-state index contributed by atoms with van der Waals surface area (Å²) in [7, 11) is 0. The Balaban J connectivity index is 2.09. The van der Waals surface area contributed by atoms with E-state index in [-0.39, 0.29) is 0 Å². The van der Waals surface area contributed by atoms with Gasteiger partial charge in [0.1, 0.15) is 0 Å². The highest BCUT2D eigenvalue weighted by Gasteiger charge is 2.18. The topological polar surface area (TPSA) is 66.6 Å². The van der Waals surface area contributed by atoms with Crippen LogP contribution >= 0.6 is 22.9 Å². The van der Waals surface area contributed by atoms with Crippen molar-refractivity contribution in [2.45, 2.75) is 13.0 Å². The molecule has 0 saturated carbocycles.